The zero-order valence-corrected chi connectivity index (χ0v) is 25.1. The van der Waals surface area contributed by atoms with Crippen molar-refractivity contribution in [1.82, 2.24) is 24.8 Å². The Morgan fingerprint density at radius 2 is 1.91 bits per heavy atom. The average Bonchev–Trinajstić information content (AvgIpc) is 3.42. The predicted molar refractivity (Wildman–Crippen MR) is 171 cm³/mol. The number of H-pyrrole nitrogens is 1. The number of hydrogen-bond donors (Lipinski definition) is 4. The van der Waals surface area contributed by atoms with Gasteiger partial charge in [-0.2, -0.15) is 0 Å². The molecule has 4 aromatic rings. The predicted octanol–water partition coefficient (Wildman–Crippen LogP) is 6.89. The third kappa shape index (κ3) is 7.52. The number of fused-ring (bicyclic) bond motifs is 1. The van der Waals surface area contributed by atoms with Crippen LogP contribution in [0.4, 0.5) is 22.1 Å². The SMILES string of the molecule is CN(C)C/C=C/C(=O)Nc1ccc(CN(C(=O)O)C2CCCCC2)cc1Nc1ncc(Cl)c(-c2c[nH]c3ccccc23)n1. The first-order chi connectivity index (χ1) is 20.8. The Kier molecular flexibility index (Phi) is 9.58. The summed E-state index contributed by atoms with van der Waals surface area (Å²) in [5.74, 6) is -0.00799. The summed E-state index contributed by atoms with van der Waals surface area (Å²) < 4.78 is 0. The van der Waals surface area contributed by atoms with Crippen LogP contribution in [0.3, 0.4) is 0 Å². The molecule has 10 nitrogen and oxygen atoms in total. The van der Waals surface area contributed by atoms with Gasteiger partial charge in [0.1, 0.15) is 0 Å². The van der Waals surface area contributed by atoms with E-state index in [4.69, 9.17) is 16.6 Å². The topological polar surface area (TPSA) is 126 Å². The summed E-state index contributed by atoms with van der Waals surface area (Å²) in [7, 11) is 3.85. The van der Waals surface area contributed by atoms with Gasteiger partial charge in [-0.15, -0.1) is 0 Å². The minimum Gasteiger partial charge on any atom is -0.465 e. The molecule has 43 heavy (non-hydrogen) atoms. The summed E-state index contributed by atoms with van der Waals surface area (Å²) >= 11 is 6.55. The second-order valence-electron chi connectivity index (χ2n) is 11.0. The summed E-state index contributed by atoms with van der Waals surface area (Å²) in [4.78, 5) is 40.8. The van der Waals surface area contributed by atoms with Gasteiger partial charge in [0, 0.05) is 47.9 Å². The molecule has 2 aromatic carbocycles. The van der Waals surface area contributed by atoms with Gasteiger partial charge < -0.3 is 30.5 Å². The quantitative estimate of drug-likeness (QED) is 0.146. The lowest BCUT2D eigenvalue weighted by Crippen LogP contribution is -2.40. The Labute approximate surface area is 255 Å². The van der Waals surface area contributed by atoms with Gasteiger partial charge in [0.25, 0.3) is 0 Å². The Hall–Kier alpha value is -4.41. The molecule has 0 atom stereocenters. The highest BCUT2D eigenvalue weighted by atomic mass is 35.5. The van der Waals surface area contributed by atoms with Crippen LogP contribution in [0.2, 0.25) is 5.02 Å². The monoisotopic (exact) mass is 601 g/mol. The van der Waals surface area contributed by atoms with Crippen LogP contribution in [0.1, 0.15) is 37.7 Å². The van der Waals surface area contributed by atoms with Crippen LogP contribution in [-0.2, 0) is 11.3 Å². The number of carbonyl (C=O) groups is 2. The lowest BCUT2D eigenvalue weighted by molar-refractivity contribution is -0.111. The molecule has 5 rings (SSSR count). The van der Waals surface area contributed by atoms with E-state index in [1.807, 2.05) is 61.6 Å². The van der Waals surface area contributed by atoms with Gasteiger partial charge in [-0.05, 0) is 50.7 Å². The smallest absolute Gasteiger partial charge is 0.407 e. The van der Waals surface area contributed by atoms with Crippen LogP contribution in [0.25, 0.3) is 22.2 Å². The molecule has 0 aliphatic heterocycles. The number of rotatable bonds is 10. The molecule has 11 heteroatoms. The normalized spacial score (nSPS) is 14.0. The van der Waals surface area contributed by atoms with Crippen molar-refractivity contribution in [2.24, 2.45) is 0 Å². The summed E-state index contributed by atoms with van der Waals surface area (Å²) in [6.07, 6.45) is 10.6. The van der Waals surface area contributed by atoms with E-state index < -0.39 is 6.09 Å². The number of benzene rings is 2. The molecule has 2 amide bonds. The first kappa shape index (κ1) is 30.1. The second-order valence-corrected chi connectivity index (χ2v) is 11.4. The van der Waals surface area contributed by atoms with Crippen LogP contribution < -0.4 is 10.6 Å². The molecular formula is C32H36ClN7O3. The number of nitrogens with one attached hydrogen (secondary N) is 3. The van der Waals surface area contributed by atoms with Crippen LogP contribution in [0.5, 0.6) is 0 Å². The van der Waals surface area contributed by atoms with E-state index in [0.29, 0.717) is 28.6 Å². The minimum absolute atomic E-state index is 0.0118. The molecule has 1 fully saturated rings. The molecule has 0 spiro atoms. The first-order valence-corrected chi connectivity index (χ1v) is 14.8. The van der Waals surface area contributed by atoms with E-state index in [2.05, 4.69) is 20.6 Å². The first-order valence-electron chi connectivity index (χ1n) is 14.4. The van der Waals surface area contributed by atoms with Gasteiger partial charge in [-0.3, -0.25) is 4.79 Å². The number of carboxylic acid groups (broad SMARTS) is 1. The molecule has 0 saturated heterocycles. The van der Waals surface area contributed by atoms with Gasteiger partial charge >= 0.3 is 6.09 Å². The van der Waals surface area contributed by atoms with Crippen LogP contribution in [-0.4, -0.2) is 68.5 Å². The van der Waals surface area contributed by atoms with Crippen molar-refractivity contribution >= 4 is 51.8 Å². The third-order valence-corrected chi connectivity index (χ3v) is 7.81. The Balaban J connectivity index is 1.46. The molecule has 224 valence electrons. The summed E-state index contributed by atoms with van der Waals surface area (Å²) in [5, 5.41) is 17.6. The molecule has 0 unspecified atom stereocenters. The maximum absolute atomic E-state index is 12.8. The number of halogens is 1. The lowest BCUT2D eigenvalue weighted by atomic mass is 9.94. The minimum atomic E-state index is -0.936. The van der Waals surface area contributed by atoms with Gasteiger partial charge in [-0.1, -0.05) is 61.2 Å². The molecule has 1 aliphatic carbocycles. The van der Waals surface area contributed by atoms with Gasteiger partial charge in [0.15, 0.2) is 0 Å². The van der Waals surface area contributed by atoms with E-state index in [-0.39, 0.29) is 24.4 Å². The summed E-state index contributed by atoms with van der Waals surface area (Å²) in [6.45, 7) is 0.854. The molecule has 0 bridgehead atoms. The van der Waals surface area contributed by atoms with Crippen molar-refractivity contribution < 1.29 is 14.7 Å². The number of amides is 2. The van der Waals surface area contributed by atoms with Crippen molar-refractivity contribution in [2.75, 3.05) is 31.3 Å². The standard InChI is InChI=1S/C32H36ClN7O3/c1-39(2)16-8-13-29(41)36-27-15-14-21(20-40(32(42)43)22-9-4-3-5-10-22)17-28(27)37-31-35-19-25(33)30(38-31)24-18-34-26-12-7-6-11-23(24)26/h6-8,11-15,17-19,22,34H,3-5,9-10,16,20H2,1-2H3,(H,36,41)(H,42,43)(H,35,37,38)/b13-8+. The fourth-order valence-electron chi connectivity index (χ4n) is 5.39. The van der Waals surface area contributed by atoms with Gasteiger partial charge in [0.05, 0.1) is 28.3 Å². The van der Waals surface area contributed by atoms with Crippen LogP contribution >= 0.6 is 11.6 Å². The number of aromatic nitrogens is 3. The molecule has 0 radical (unpaired) electrons. The van der Waals surface area contributed by atoms with Crippen molar-refractivity contribution in [3.05, 3.63) is 77.6 Å². The van der Waals surface area contributed by atoms with E-state index in [1.54, 1.807) is 12.1 Å². The Morgan fingerprint density at radius 1 is 1.12 bits per heavy atom. The summed E-state index contributed by atoms with van der Waals surface area (Å²) in [5.41, 5.74) is 4.18. The van der Waals surface area contributed by atoms with Crippen molar-refractivity contribution in [1.29, 1.82) is 0 Å². The van der Waals surface area contributed by atoms with E-state index in [1.165, 1.54) is 17.2 Å². The largest absolute Gasteiger partial charge is 0.465 e. The lowest BCUT2D eigenvalue weighted by Gasteiger charge is -2.32. The fourth-order valence-corrected chi connectivity index (χ4v) is 5.59. The van der Waals surface area contributed by atoms with Crippen molar-refractivity contribution in [3.8, 4) is 11.3 Å². The number of aromatic amines is 1. The third-order valence-electron chi connectivity index (χ3n) is 7.53. The van der Waals surface area contributed by atoms with Crippen molar-refractivity contribution in [2.45, 2.75) is 44.7 Å². The van der Waals surface area contributed by atoms with E-state index >= 15 is 0 Å². The zero-order valence-electron chi connectivity index (χ0n) is 24.3. The fraction of sp³-hybridized carbons (Fsp3) is 0.312. The number of hydrogen-bond acceptors (Lipinski definition) is 6. The Bertz CT molecular complexity index is 1630. The zero-order chi connectivity index (χ0) is 30.3. The maximum atomic E-state index is 12.8. The highest BCUT2D eigenvalue weighted by Gasteiger charge is 2.25. The molecule has 4 N–H and O–H groups in total. The second kappa shape index (κ2) is 13.7. The molecule has 2 aromatic heterocycles. The molecular weight excluding hydrogens is 566 g/mol. The molecule has 1 saturated carbocycles. The summed E-state index contributed by atoms with van der Waals surface area (Å²) in [6, 6.07) is 13.3. The van der Waals surface area contributed by atoms with Gasteiger partial charge in [-0.25, -0.2) is 14.8 Å². The molecule has 1 aliphatic rings. The van der Waals surface area contributed by atoms with E-state index in [9.17, 15) is 14.7 Å². The van der Waals surface area contributed by atoms with Crippen molar-refractivity contribution in [3.63, 3.8) is 0 Å². The Morgan fingerprint density at radius 3 is 2.67 bits per heavy atom. The number of nitrogens with zero attached hydrogens (tertiary/aromatic N) is 4. The average molecular weight is 602 g/mol. The number of anilines is 3. The highest BCUT2D eigenvalue weighted by Crippen LogP contribution is 2.34. The van der Waals surface area contributed by atoms with Gasteiger partial charge in [0.2, 0.25) is 11.9 Å². The number of carbonyl (C=O) groups excluding carboxylic acids is 1. The number of likely N-dealkylation sites (N-methyl/N-ethyl adjacent to an activating group) is 1. The van der Waals surface area contributed by atoms with Crippen LogP contribution in [0.15, 0.2) is 67.0 Å². The molecule has 2 heterocycles. The van der Waals surface area contributed by atoms with E-state index in [0.717, 1.165) is 54.1 Å². The van der Waals surface area contributed by atoms with Crippen LogP contribution in [0, 0.1) is 0 Å². The maximum Gasteiger partial charge on any atom is 0.407 e. The number of para-hydroxylation sites is 1. The highest BCUT2D eigenvalue weighted by molar-refractivity contribution is 6.33.